The Kier molecular flexibility index (Phi) is 6.93. The van der Waals surface area contributed by atoms with Gasteiger partial charge in [0.05, 0.1) is 17.1 Å². The van der Waals surface area contributed by atoms with Gasteiger partial charge in [0.15, 0.2) is 0 Å². The molecule has 4 aromatic rings. The van der Waals surface area contributed by atoms with Gasteiger partial charge in [-0.1, -0.05) is 25.4 Å². The summed E-state index contributed by atoms with van der Waals surface area (Å²) in [5.74, 6) is -0.464. The Morgan fingerprint density at radius 2 is 1.83 bits per heavy atom. The van der Waals surface area contributed by atoms with Crippen molar-refractivity contribution in [3.05, 3.63) is 98.4 Å². The van der Waals surface area contributed by atoms with Gasteiger partial charge in [-0.25, -0.2) is 18.7 Å². The van der Waals surface area contributed by atoms with Crippen LogP contribution < -0.4 is 10.3 Å². The largest absolute Gasteiger partial charge is 0.487 e. The van der Waals surface area contributed by atoms with Gasteiger partial charge in [0.1, 0.15) is 34.8 Å². The number of nitrogens with zero attached hydrogens (tertiary/aromatic N) is 4. The third-order valence-electron chi connectivity index (χ3n) is 5.47. The second-order valence-corrected chi connectivity index (χ2v) is 8.82. The molecule has 1 aromatic carbocycles. The van der Waals surface area contributed by atoms with E-state index in [1.54, 1.807) is 37.5 Å². The first-order valence-corrected chi connectivity index (χ1v) is 11.3. The minimum absolute atomic E-state index is 0.110. The molecule has 0 spiro atoms. The monoisotopic (exact) mass is 496 g/mol. The van der Waals surface area contributed by atoms with Gasteiger partial charge >= 0.3 is 0 Å². The predicted molar refractivity (Wildman–Crippen MR) is 130 cm³/mol. The quantitative estimate of drug-likeness (QED) is 0.330. The molecule has 0 saturated heterocycles. The van der Waals surface area contributed by atoms with Gasteiger partial charge in [-0.15, -0.1) is 0 Å². The molecule has 0 aliphatic rings. The summed E-state index contributed by atoms with van der Waals surface area (Å²) in [5, 5.41) is -0.153. The van der Waals surface area contributed by atoms with Crippen LogP contribution in [0.1, 0.15) is 42.4 Å². The lowest BCUT2D eigenvalue weighted by molar-refractivity contribution is 0.298. The molecule has 0 N–H and O–H groups in total. The van der Waals surface area contributed by atoms with Crippen LogP contribution in [0.25, 0.3) is 17.1 Å². The molecule has 35 heavy (non-hydrogen) atoms. The number of hydrogen-bond acceptors (Lipinski definition) is 5. The fraction of sp³-hybridized carbons (Fsp3) is 0.231. The third kappa shape index (κ3) is 5.07. The summed E-state index contributed by atoms with van der Waals surface area (Å²) in [6.07, 6.45) is 3.35. The number of hydrogen-bond donors (Lipinski definition) is 0. The smallest absolute Gasteiger partial charge is 0.277 e. The topological polar surface area (TPSA) is 69.9 Å². The van der Waals surface area contributed by atoms with Crippen LogP contribution in [0.15, 0.2) is 53.6 Å². The Balaban J connectivity index is 1.71. The molecule has 0 bridgehead atoms. The van der Waals surface area contributed by atoms with Crippen LogP contribution in [0.3, 0.4) is 0 Å². The van der Waals surface area contributed by atoms with E-state index in [-0.39, 0.29) is 28.9 Å². The van der Waals surface area contributed by atoms with Crippen molar-refractivity contribution in [1.29, 1.82) is 0 Å². The maximum Gasteiger partial charge on any atom is 0.277 e. The van der Waals surface area contributed by atoms with Crippen LogP contribution in [0.2, 0.25) is 5.02 Å². The Labute approximate surface area is 206 Å². The Morgan fingerprint density at radius 3 is 2.54 bits per heavy atom. The lowest BCUT2D eigenvalue weighted by atomic mass is 10.1. The van der Waals surface area contributed by atoms with Crippen molar-refractivity contribution in [2.75, 3.05) is 0 Å². The minimum atomic E-state index is -0.739. The van der Waals surface area contributed by atoms with Crippen LogP contribution in [-0.2, 0) is 6.61 Å². The third-order valence-corrected chi connectivity index (χ3v) is 5.81. The van der Waals surface area contributed by atoms with E-state index in [0.717, 1.165) is 17.7 Å². The van der Waals surface area contributed by atoms with Gasteiger partial charge in [-0.05, 0) is 43.7 Å². The van der Waals surface area contributed by atoms with Gasteiger partial charge in [0, 0.05) is 41.7 Å². The fourth-order valence-electron chi connectivity index (χ4n) is 3.57. The zero-order valence-corrected chi connectivity index (χ0v) is 20.4. The van der Waals surface area contributed by atoms with Crippen molar-refractivity contribution in [2.45, 2.75) is 40.2 Å². The number of pyridine rings is 2. The van der Waals surface area contributed by atoms with Gasteiger partial charge in [-0.3, -0.25) is 14.3 Å². The first-order valence-electron chi connectivity index (χ1n) is 10.9. The predicted octanol–water partition coefficient (Wildman–Crippen LogP) is 5.94. The lowest BCUT2D eigenvalue weighted by Gasteiger charge is -2.17. The number of rotatable bonds is 6. The van der Waals surface area contributed by atoms with Crippen molar-refractivity contribution in [3.63, 3.8) is 0 Å². The molecule has 3 heterocycles. The number of aryl methyl sites for hydroxylation is 2. The fourth-order valence-corrected chi connectivity index (χ4v) is 3.76. The summed E-state index contributed by atoms with van der Waals surface area (Å²) in [6.45, 7) is 7.38. The van der Waals surface area contributed by atoms with E-state index in [4.69, 9.17) is 16.3 Å². The van der Waals surface area contributed by atoms with Crippen LogP contribution in [0, 0.1) is 25.5 Å². The lowest BCUT2D eigenvalue weighted by Crippen LogP contribution is -2.23. The highest BCUT2D eigenvalue weighted by atomic mass is 35.5. The summed E-state index contributed by atoms with van der Waals surface area (Å²) < 4.78 is 34.2. The van der Waals surface area contributed by atoms with Gasteiger partial charge in [-0.2, -0.15) is 0 Å². The summed E-state index contributed by atoms with van der Waals surface area (Å²) >= 11 is 6.37. The summed E-state index contributed by atoms with van der Waals surface area (Å²) in [5.41, 5.74) is 2.79. The highest BCUT2D eigenvalue weighted by Gasteiger charge is 2.17. The molecular formula is C26H23ClF2N4O2. The first kappa shape index (κ1) is 24.5. The minimum Gasteiger partial charge on any atom is -0.487 e. The van der Waals surface area contributed by atoms with E-state index >= 15 is 0 Å². The second-order valence-electron chi connectivity index (χ2n) is 8.44. The standard InChI is InChI=1S/C26H23ClF2N4O2/c1-14(2)25-30-8-7-20(32-25)21-11-22(15(3)12-31-21)33-16(4)9-23(24(27)26(33)34)35-13-17-5-6-18(28)10-19(17)29/h5-12,14H,13H2,1-4H3. The van der Waals surface area contributed by atoms with Crippen LogP contribution in [-0.4, -0.2) is 19.5 Å². The van der Waals surface area contributed by atoms with E-state index in [0.29, 0.717) is 28.6 Å². The van der Waals surface area contributed by atoms with E-state index in [1.807, 2.05) is 20.8 Å². The van der Waals surface area contributed by atoms with Crippen LogP contribution in [0.5, 0.6) is 5.75 Å². The number of ether oxygens (including phenoxy) is 1. The highest BCUT2D eigenvalue weighted by molar-refractivity contribution is 6.31. The molecule has 0 aliphatic carbocycles. The molecule has 4 rings (SSSR count). The molecule has 0 fully saturated rings. The Morgan fingerprint density at radius 1 is 1.06 bits per heavy atom. The summed E-state index contributed by atoms with van der Waals surface area (Å²) in [7, 11) is 0. The summed E-state index contributed by atoms with van der Waals surface area (Å²) in [4.78, 5) is 26.6. The summed E-state index contributed by atoms with van der Waals surface area (Å²) in [6, 6.07) is 8.34. The molecule has 0 atom stereocenters. The molecule has 6 nitrogen and oxygen atoms in total. The molecule has 9 heteroatoms. The van der Waals surface area contributed by atoms with E-state index in [1.165, 1.54) is 10.6 Å². The van der Waals surface area contributed by atoms with E-state index < -0.39 is 17.2 Å². The van der Waals surface area contributed by atoms with Gasteiger partial charge in [0.25, 0.3) is 5.56 Å². The van der Waals surface area contributed by atoms with Crippen molar-refractivity contribution in [3.8, 4) is 22.8 Å². The first-order chi connectivity index (χ1) is 16.7. The van der Waals surface area contributed by atoms with Crippen LogP contribution >= 0.6 is 11.6 Å². The number of halogens is 3. The van der Waals surface area contributed by atoms with Gasteiger partial charge in [0.2, 0.25) is 0 Å². The molecular weight excluding hydrogens is 474 g/mol. The van der Waals surface area contributed by atoms with Crippen LogP contribution in [0.4, 0.5) is 8.78 Å². The number of benzene rings is 1. The van der Waals surface area contributed by atoms with E-state index in [9.17, 15) is 13.6 Å². The molecule has 0 saturated carbocycles. The van der Waals surface area contributed by atoms with Crippen molar-refractivity contribution >= 4 is 11.6 Å². The maximum atomic E-state index is 14.0. The SMILES string of the molecule is Cc1cnc(-c2ccnc(C(C)C)n2)cc1-n1c(C)cc(OCc2ccc(F)cc2F)c(Cl)c1=O. The zero-order chi connectivity index (χ0) is 25.3. The molecule has 180 valence electrons. The molecule has 0 amide bonds. The van der Waals surface area contributed by atoms with Gasteiger partial charge < -0.3 is 4.74 Å². The average Bonchev–Trinajstić information content (AvgIpc) is 2.82. The van der Waals surface area contributed by atoms with Crippen molar-refractivity contribution < 1.29 is 13.5 Å². The second kappa shape index (κ2) is 9.92. The van der Waals surface area contributed by atoms with Crippen molar-refractivity contribution in [1.82, 2.24) is 19.5 Å². The Bertz CT molecular complexity index is 1470. The molecule has 0 unspecified atom stereocenters. The molecule has 0 aliphatic heterocycles. The normalized spacial score (nSPS) is 11.2. The average molecular weight is 497 g/mol. The molecule has 0 radical (unpaired) electrons. The highest BCUT2D eigenvalue weighted by Crippen LogP contribution is 2.27. The zero-order valence-electron chi connectivity index (χ0n) is 19.6. The molecule has 3 aromatic heterocycles. The van der Waals surface area contributed by atoms with E-state index in [2.05, 4.69) is 15.0 Å². The maximum absolute atomic E-state index is 14.0. The Hall–Kier alpha value is -3.65. The number of aromatic nitrogens is 4. The van der Waals surface area contributed by atoms with Crippen molar-refractivity contribution in [2.24, 2.45) is 0 Å².